The van der Waals surface area contributed by atoms with Crippen LogP contribution >= 0.6 is 23.1 Å². The van der Waals surface area contributed by atoms with Gasteiger partial charge in [-0.15, -0.1) is 10.2 Å². The fourth-order valence-corrected chi connectivity index (χ4v) is 2.72. The Bertz CT molecular complexity index is 693. The molecular weight excluding hydrogens is 324 g/mol. The number of aromatic nitrogens is 2. The summed E-state index contributed by atoms with van der Waals surface area (Å²) in [6.07, 6.45) is 0. The molecule has 0 aliphatic rings. The molecule has 10 heteroatoms. The Morgan fingerprint density at radius 3 is 2.71 bits per heavy atom. The fraction of sp³-hybridized carbons (Fsp3) is 0.0909. The van der Waals surface area contributed by atoms with Crippen LogP contribution in [0.5, 0.6) is 0 Å². The molecule has 1 aromatic heterocycles. The first-order valence-electron chi connectivity index (χ1n) is 5.40. The van der Waals surface area contributed by atoms with Gasteiger partial charge in [-0.25, -0.2) is 8.78 Å². The zero-order valence-corrected chi connectivity index (χ0v) is 11.8. The van der Waals surface area contributed by atoms with E-state index in [4.69, 9.17) is 5.11 Å². The van der Waals surface area contributed by atoms with Crippen molar-refractivity contribution in [3.8, 4) is 0 Å². The standard InChI is InChI=1S/C11H7F2N3O3S2/c12-6-2-1-5(3-7(6)13)9(19)14-10-15-16-11(21-10)20-4-8(17)18/h1-3H,4H2,(H,17,18)(H,14,15,19). The molecule has 0 atom stereocenters. The van der Waals surface area contributed by atoms with E-state index in [-0.39, 0.29) is 16.4 Å². The number of benzene rings is 1. The molecule has 1 amide bonds. The lowest BCUT2D eigenvalue weighted by molar-refractivity contribution is -0.133. The first kappa shape index (κ1) is 15.3. The molecule has 1 heterocycles. The van der Waals surface area contributed by atoms with E-state index in [1.807, 2.05) is 0 Å². The van der Waals surface area contributed by atoms with Gasteiger partial charge in [0.05, 0.1) is 5.75 Å². The first-order valence-corrected chi connectivity index (χ1v) is 7.20. The maximum atomic E-state index is 13.0. The zero-order chi connectivity index (χ0) is 15.4. The Morgan fingerprint density at radius 1 is 1.29 bits per heavy atom. The lowest BCUT2D eigenvalue weighted by Gasteiger charge is -2.01. The number of thioether (sulfide) groups is 1. The number of halogens is 2. The summed E-state index contributed by atoms with van der Waals surface area (Å²) in [6.45, 7) is 0. The van der Waals surface area contributed by atoms with Crippen molar-refractivity contribution in [1.29, 1.82) is 0 Å². The first-order chi connectivity index (χ1) is 9.95. The Morgan fingerprint density at radius 2 is 2.05 bits per heavy atom. The van der Waals surface area contributed by atoms with Crippen molar-refractivity contribution in [2.45, 2.75) is 4.34 Å². The van der Waals surface area contributed by atoms with Crippen LogP contribution in [-0.4, -0.2) is 32.9 Å². The molecule has 0 fully saturated rings. The molecule has 21 heavy (non-hydrogen) atoms. The van der Waals surface area contributed by atoms with Crippen molar-refractivity contribution in [2.24, 2.45) is 0 Å². The highest BCUT2D eigenvalue weighted by molar-refractivity contribution is 8.01. The van der Waals surface area contributed by atoms with E-state index in [0.29, 0.717) is 4.34 Å². The predicted molar refractivity (Wildman–Crippen MR) is 72.6 cm³/mol. The summed E-state index contributed by atoms with van der Waals surface area (Å²) < 4.78 is 26.2. The van der Waals surface area contributed by atoms with Crippen molar-refractivity contribution in [2.75, 3.05) is 11.1 Å². The van der Waals surface area contributed by atoms with E-state index in [0.717, 1.165) is 41.3 Å². The molecule has 2 aromatic rings. The van der Waals surface area contributed by atoms with Gasteiger partial charge >= 0.3 is 5.97 Å². The van der Waals surface area contributed by atoms with E-state index >= 15 is 0 Å². The number of hydrogen-bond acceptors (Lipinski definition) is 6. The molecule has 0 unspecified atom stereocenters. The number of carboxylic acids is 1. The quantitative estimate of drug-likeness (QED) is 0.645. The van der Waals surface area contributed by atoms with Crippen molar-refractivity contribution in [3.05, 3.63) is 35.4 Å². The van der Waals surface area contributed by atoms with Gasteiger partial charge in [-0.05, 0) is 18.2 Å². The third-order valence-electron chi connectivity index (χ3n) is 2.13. The van der Waals surface area contributed by atoms with Gasteiger partial charge in [0.2, 0.25) is 5.13 Å². The van der Waals surface area contributed by atoms with Gasteiger partial charge in [0, 0.05) is 5.56 Å². The molecule has 2 rings (SSSR count). The summed E-state index contributed by atoms with van der Waals surface area (Å²) in [5, 5.41) is 18.4. The van der Waals surface area contributed by atoms with E-state index < -0.39 is 23.5 Å². The van der Waals surface area contributed by atoms with Gasteiger partial charge in [-0.2, -0.15) is 0 Å². The van der Waals surface area contributed by atoms with Crippen LogP contribution in [0.25, 0.3) is 0 Å². The van der Waals surface area contributed by atoms with E-state index in [2.05, 4.69) is 15.5 Å². The Kier molecular flexibility index (Phi) is 4.81. The van der Waals surface area contributed by atoms with Gasteiger partial charge < -0.3 is 5.11 Å². The minimum atomic E-state index is -1.13. The summed E-state index contributed by atoms with van der Waals surface area (Å²) >= 11 is 1.94. The lowest BCUT2D eigenvalue weighted by atomic mass is 10.2. The second-order valence-corrected chi connectivity index (χ2v) is 5.84. The minimum Gasteiger partial charge on any atom is -0.481 e. The minimum absolute atomic E-state index is 0.0659. The maximum Gasteiger partial charge on any atom is 0.313 e. The molecular formula is C11H7F2N3O3S2. The van der Waals surface area contributed by atoms with Gasteiger partial charge in [-0.3, -0.25) is 14.9 Å². The topological polar surface area (TPSA) is 92.2 Å². The molecule has 0 aliphatic carbocycles. The Labute approximate surface area is 125 Å². The Hall–Kier alpha value is -2.07. The SMILES string of the molecule is O=C(O)CSc1nnc(NC(=O)c2ccc(F)c(F)c2)s1. The van der Waals surface area contributed by atoms with Crippen LogP contribution < -0.4 is 5.32 Å². The van der Waals surface area contributed by atoms with Crippen LogP contribution in [0.2, 0.25) is 0 Å². The number of carboxylic acid groups (broad SMARTS) is 1. The number of carbonyl (C=O) groups is 2. The maximum absolute atomic E-state index is 13.0. The lowest BCUT2D eigenvalue weighted by Crippen LogP contribution is -2.12. The molecule has 6 nitrogen and oxygen atoms in total. The van der Waals surface area contributed by atoms with Gasteiger partial charge in [0.1, 0.15) is 0 Å². The van der Waals surface area contributed by atoms with Crippen LogP contribution in [0, 0.1) is 11.6 Å². The van der Waals surface area contributed by atoms with Crippen molar-refractivity contribution in [1.82, 2.24) is 10.2 Å². The number of carbonyl (C=O) groups excluding carboxylic acids is 1. The van der Waals surface area contributed by atoms with Crippen LogP contribution in [0.1, 0.15) is 10.4 Å². The van der Waals surface area contributed by atoms with E-state index in [1.165, 1.54) is 0 Å². The molecule has 0 spiro atoms. The summed E-state index contributed by atoms with van der Waals surface area (Å²) in [7, 11) is 0. The Balaban J connectivity index is 2.02. The molecule has 1 aromatic carbocycles. The normalized spacial score (nSPS) is 10.4. The van der Waals surface area contributed by atoms with Crippen LogP contribution in [0.15, 0.2) is 22.5 Å². The third-order valence-corrected chi connectivity index (χ3v) is 4.08. The molecule has 0 radical (unpaired) electrons. The highest BCUT2D eigenvalue weighted by Gasteiger charge is 2.13. The van der Waals surface area contributed by atoms with Gasteiger partial charge in [0.15, 0.2) is 16.0 Å². The second kappa shape index (κ2) is 6.59. The van der Waals surface area contributed by atoms with Crippen molar-refractivity contribution in [3.63, 3.8) is 0 Å². The summed E-state index contributed by atoms with van der Waals surface area (Å²) in [5.41, 5.74) is -0.0659. The number of rotatable bonds is 5. The molecule has 0 aliphatic heterocycles. The third kappa shape index (κ3) is 4.20. The molecule has 0 saturated heterocycles. The number of hydrogen-bond donors (Lipinski definition) is 2. The van der Waals surface area contributed by atoms with Crippen molar-refractivity contribution < 1.29 is 23.5 Å². The average Bonchev–Trinajstić information content (AvgIpc) is 2.87. The monoisotopic (exact) mass is 331 g/mol. The number of aliphatic carboxylic acids is 1. The molecule has 2 N–H and O–H groups in total. The fourth-order valence-electron chi connectivity index (χ4n) is 1.25. The number of nitrogens with zero attached hydrogens (tertiary/aromatic N) is 2. The molecule has 110 valence electrons. The second-order valence-electron chi connectivity index (χ2n) is 3.64. The van der Waals surface area contributed by atoms with E-state index in [9.17, 15) is 18.4 Å². The number of anilines is 1. The largest absolute Gasteiger partial charge is 0.481 e. The smallest absolute Gasteiger partial charge is 0.313 e. The summed E-state index contributed by atoms with van der Waals surface area (Å²) in [5.74, 6) is -4.01. The molecule has 0 saturated carbocycles. The highest BCUT2D eigenvalue weighted by Crippen LogP contribution is 2.25. The summed E-state index contributed by atoms with van der Waals surface area (Å²) in [6, 6.07) is 2.75. The van der Waals surface area contributed by atoms with Gasteiger partial charge in [0.25, 0.3) is 5.91 Å². The summed E-state index contributed by atoms with van der Waals surface area (Å²) in [4.78, 5) is 22.2. The zero-order valence-electron chi connectivity index (χ0n) is 10.2. The van der Waals surface area contributed by atoms with Crippen LogP contribution in [-0.2, 0) is 4.79 Å². The van der Waals surface area contributed by atoms with Gasteiger partial charge in [-0.1, -0.05) is 23.1 Å². The number of amides is 1. The highest BCUT2D eigenvalue weighted by atomic mass is 32.2. The molecule has 0 bridgehead atoms. The predicted octanol–water partition coefficient (Wildman–Crippen LogP) is 2.25. The van der Waals surface area contributed by atoms with E-state index in [1.54, 1.807) is 0 Å². The van der Waals surface area contributed by atoms with Crippen LogP contribution in [0.3, 0.4) is 0 Å². The van der Waals surface area contributed by atoms with Crippen molar-refractivity contribution >= 4 is 40.1 Å². The number of nitrogens with one attached hydrogen (secondary N) is 1. The van der Waals surface area contributed by atoms with Crippen LogP contribution in [0.4, 0.5) is 13.9 Å². The average molecular weight is 331 g/mol.